The molecular formula is C21H14ClF3N2. The predicted molar refractivity (Wildman–Crippen MR) is 103 cm³/mol. The smallest absolute Gasteiger partial charge is 0.131 e. The van der Waals surface area contributed by atoms with Gasteiger partial charge in [0.05, 0.1) is 16.4 Å². The summed E-state index contributed by atoms with van der Waals surface area (Å²) in [4.78, 5) is 0. The third-order valence-electron chi connectivity index (χ3n) is 3.70. The molecule has 0 unspecified atom stereocenters. The molecule has 0 aliphatic heterocycles. The molecule has 3 rings (SSSR count). The first-order chi connectivity index (χ1) is 13.0. The Balaban J connectivity index is 1.94. The summed E-state index contributed by atoms with van der Waals surface area (Å²) in [6, 6.07) is 15.7. The Hall–Kier alpha value is -3.05. The van der Waals surface area contributed by atoms with Crippen molar-refractivity contribution in [3.8, 4) is 0 Å². The van der Waals surface area contributed by atoms with Crippen LogP contribution in [0.2, 0.25) is 5.02 Å². The SMILES string of the molecule is Fc1ccc(N/N=C(\C=C\c2c(F)cccc2Cl)c2ccc(F)cc2)cc1. The van der Waals surface area contributed by atoms with Crippen LogP contribution in [0.25, 0.3) is 6.08 Å². The molecule has 0 saturated heterocycles. The van der Waals surface area contributed by atoms with Gasteiger partial charge in [0, 0.05) is 11.1 Å². The summed E-state index contributed by atoms with van der Waals surface area (Å²) in [5.74, 6) is -1.22. The first-order valence-corrected chi connectivity index (χ1v) is 8.38. The quantitative estimate of drug-likeness (QED) is 0.404. The average molecular weight is 387 g/mol. The largest absolute Gasteiger partial charge is 0.278 e. The standard InChI is InChI=1S/C21H14ClF3N2/c22-19-2-1-3-20(25)18(19)12-13-21(14-4-6-15(23)7-5-14)27-26-17-10-8-16(24)9-11-17/h1-13,26H/b13-12+,27-21+. The van der Waals surface area contributed by atoms with Gasteiger partial charge < -0.3 is 0 Å². The Bertz CT molecular complexity index is 961. The fourth-order valence-electron chi connectivity index (χ4n) is 2.30. The van der Waals surface area contributed by atoms with E-state index >= 15 is 0 Å². The molecule has 136 valence electrons. The van der Waals surface area contributed by atoms with E-state index in [0.717, 1.165) is 0 Å². The number of hydrazone groups is 1. The Kier molecular flexibility index (Phi) is 5.94. The number of halogens is 4. The third-order valence-corrected chi connectivity index (χ3v) is 4.03. The van der Waals surface area contributed by atoms with Gasteiger partial charge in [-0.1, -0.05) is 17.7 Å². The van der Waals surface area contributed by atoms with Gasteiger partial charge in [-0.25, -0.2) is 13.2 Å². The van der Waals surface area contributed by atoms with E-state index in [1.54, 1.807) is 24.3 Å². The number of hydrogen-bond donors (Lipinski definition) is 1. The van der Waals surface area contributed by atoms with Crippen LogP contribution in [0.15, 0.2) is 77.9 Å². The second-order valence-corrected chi connectivity index (χ2v) is 6.00. The van der Waals surface area contributed by atoms with Crippen molar-refractivity contribution in [2.75, 3.05) is 5.43 Å². The molecule has 0 saturated carbocycles. The van der Waals surface area contributed by atoms with Crippen LogP contribution in [0.5, 0.6) is 0 Å². The highest BCUT2D eigenvalue weighted by Crippen LogP contribution is 2.21. The van der Waals surface area contributed by atoms with Crippen LogP contribution in [0.4, 0.5) is 18.9 Å². The van der Waals surface area contributed by atoms with Gasteiger partial charge >= 0.3 is 0 Å². The van der Waals surface area contributed by atoms with Crippen molar-refractivity contribution < 1.29 is 13.2 Å². The van der Waals surface area contributed by atoms with Crippen molar-refractivity contribution in [2.45, 2.75) is 0 Å². The highest BCUT2D eigenvalue weighted by molar-refractivity contribution is 6.32. The zero-order valence-electron chi connectivity index (χ0n) is 14.0. The van der Waals surface area contributed by atoms with Gasteiger partial charge in [0.2, 0.25) is 0 Å². The molecule has 0 bridgehead atoms. The molecule has 0 spiro atoms. The molecule has 1 N–H and O–H groups in total. The molecular weight excluding hydrogens is 373 g/mol. The van der Waals surface area contributed by atoms with Crippen LogP contribution in [0.1, 0.15) is 11.1 Å². The summed E-state index contributed by atoms with van der Waals surface area (Å²) in [5.41, 5.74) is 4.60. The zero-order valence-corrected chi connectivity index (χ0v) is 14.7. The number of nitrogens with zero attached hydrogens (tertiary/aromatic N) is 1. The zero-order chi connectivity index (χ0) is 19.2. The Morgan fingerprint density at radius 3 is 2.11 bits per heavy atom. The summed E-state index contributed by atoms with van der Waals surface area (Å²) in [7, 11) is 0. The van der Waals surface area contributed by atoms with E-state index < -0.39 is 5.82 Å². The Morgan fingerprint density at radius 2 is 1.48 bits per heavy atom. The van der Waals surface area contributed by atoms with Gasteiger partial charge in [0.25, 0.3) is 0 Å². The number of nitrogens with one attached hydrogen (secondary N) is 1. The molecule has 0 aliphatic carbocycles. The molecule has 0 amide bonds. The lowest BCUT2D eigenvalue weighted by molar-refractivity contribution is 0.625. The monoisotopic (exact) mass is 386 g/mol. The maximum Gasteiger partial charge on any atom is 0.131 e. The fraction of sp³-hybridized carbons (Fsp3) is 0. The van der Waals surface area contributed by atoms with Gasteiger partial charge in [0.1, 0.15) is 17.5 Å². The summed E-state index contributed by atoms with van der Waals surface area (Å²) < 4.78 is 40.2. The molecule has 0 aromatic heterocycles. The van der Waals surface area contributed by atoms with E-state index in [9.17, 15) is 13.2 Å². The number of rotatable bonds is 5. The van der Waals surface area contributed by atoms with Crippen molar-refractivity contribution in [2.24, 2.45) is 5.10 Å². The number of anilines is 1. The molecule has 3 aromatic rings. The predicted octanol–water partition coefficient (Wildman–Crippen LogP) is 6.29. The van der Waals surface area contributed by atoms with Crippen molar-refractivity contribution in [1.29, 1.82) is 0 Å². The summed E-state index contributed by atoms with van der Waals surface area (Å²) in [6.45, 7) is 0. The van der Waals surface area contributed by atoms with Gasteiger partial charge in [-0.05, 0) is 72.8 Å². The van der Waals surface area contributed by atoms with E-state index in [2.05, 4.69) is 10.5 Å². The van der Waals surface area contributed by atoms with E-state index in [-0.39, 0.29) is 22.2 Å². The van der Waals surface area contributed by atoms with E-state index in [4.69, 9.17) is 11.6 Å². The number of allylic oxidation sites excluding steroid dienone is 1. The minimum Gasteiger partial charge on any atom is -0.278 e. The molecule has 27 heavy (non-hydrogen) atoms. The van der Waals surface area contributed by atoms with Gasteiger partial charge in [-0.2, -0.15) is 5.10 Å². The molecule has 2 nitrogen and oxygen atoms in total. The fourth-order valence-corrected chi connectivity index (χ4v) is 2.53. The minimum absolute atomic E-state index is 0.218. The van der Waals surface area contributed by atoms with E-state index in [0.29, 0.717) is 17.0 Å². The van der Waals surface area contributed by atoms with Crippen molar-refractivity contribution >= 4 is 29.1 Å². The highest BCUT2D eigenvalue weighted by Gasteiger charge is 2.06. The maximum absolute atomic E-state index is 14.0. The molecule has 0 aliphatic rings. The molecule has 0 fully saturated rings. The van der Waals surface area contributed by atoms with Crippen molar-refractivity contribution in [3.05, 3.63) is 106 Å². The maximum atomic E-state index is 14.0. The van der Waals surface area contributed by atoms with Crippen LogP contribution < -0.4 is 5.43 Å². The van der Waals surface area contributed by atoms with Crippen molar-refractivity contribution in [1.82, 2.24) is 0 Å². The summed E-state index contributed by atoms with van der Waals surface area (Å²) >= 11 is 6.04. The normalized spacial score (nSPS) is 11.8. The van der Waals surface area contributed by atoms with Crippen LogP contribution in [0, 0.1) is 17.5 Å². The Labute approximate surface area is 159 Å². The topological polar surface area (TPSA) is 24.4 Å². The van der Waals surface area contributed by atoms with E-state index in [1.807, 2.05) is 0 Å². The van der Waals surface area contributed by atoms with Crippen LogP contribution >= 0.6 is 11.6 Å². The molecule has 3 aromatic carbocycles. The third kappa shape index (κ3) is 4.99. The first kappa shape index (κ1) is 18.7. The molecule has 0 radical (unpaired) electrons. The number of hydrogen-bond acceptors (Lipinski definition) is 2. The van der Waals surface area contributed by atoms with Crippen LogP contribution in [0.3, 0.4) is 0 Å². The molecule has 6 heteroatoms. The van der Waals surface area contributed by atoms with Crippen LogP contribution in [-0.2, 0) is 0 Å². The lowest BCUT2D eigenvalue weighted by atomic mass is 10.1. The van der Waals surface area contributed by atoms with Gasteiger partial charge in [-0.3, -0.25) is 5.43 Å². The summed E-state index contributed by atoms with van der Waals surface area (Å²) in [5, 5.41) is 4.53. The molecule has 0 heterocycles. The van der Waals surface area contributed by atoms with Crippen molar-refractivity contribution in [3.63, 3.8) is 0 Å². The Morgan fingerprint density at radius 1 is 0.852 bits per heavy atom. The minimum atomic E-state index is -0.469. The van der Waals surface area contributed by atoms with Gasteiger partial charge in [0.15, 0.2) is 0 Å². The lowest BCUT2D eigenvalue weighted by Gasteiger charge is -2.06. The van der Waals surface area contributed by atoms with Crippen LogP contribution in [-0.4, -0.2) is 5.71 Å². The summed E-state index contributed by atoms with van der Waals surface area (Å²) in [6.07, 6.45) is 3.06. The van der Waals surface area contributed by atoms with E-state index in [1.165, 1.54) is 54.6 Å². The first-order valence-electron chi connectivity index (χ1n) is 8.00. The second kappa shape index (κ2) is 8.56. The second-order valence-electron chi connectivity index (χ2n) is 5.59. The highest BCUT2D eigenvalue weighted by atomic mass is 35.5. The molecule has 0 atom stereocenters. The van der Waals surface area contributed by atoms with Gasteiger partial charge in [-0.15, -0.1) is 0 Å². The average Bonchev–Trinajstić information content (AvgIpc) is 2.66. The lowest BCUT2D eigenvalue weighted by Crippen LogP contribution is -2.02. The number of benzene rings is 3.